The molecule has 7 nitrogen and oxygen atoms in total. The van der Waals surface area contributed by atoms with Crippen LogP contribution in [0, 0.1) is 13.8 Å². The molecule has 0 unspecified atom stereocenters. The summed E-state index contributed by atoms with van der Waals surface area (Å²) in [5, 5.41) is 2.77. The molecule has 1 fully saturated rings. The minimum atomic E-state index is -0.635. The highest BCUT2D eigenvalue weighted by Crippen LogP contribution is 2.28. The fourth-order valence-corrected chi connectivity index (χ4v) is 3.54. The number of ether oxygens (including phenoxy) is 1. The van der Waals surface area contributed by atoms with Gasteiger partial charge in [-0.15, -0.1) is 0 Å². The summed E-state index contributed by atoms with van der Waals surface area (Å²) >= 11 is 11.4. The molecule has 9 heteroatoms. The Morgan fingerprint density at radius 3 is 2.47 bits per heavy atom. The van der Waals surface area contributed by atoms with Crippen LogP contribution in [-0.4, -0.2) is 29.4 Å². The number of nitrogens with two attached hydrogens (primary N) is 1. The first kappa shape index (κ1) is 21.5. The molecule has 30 heavy (non-hydrogen) atoms. The van der Waals surface area contributed by atoms with Gasteiger partial charge in [-0.05, 0) is 73.1 Å². The molecule has 1 saturated heterocycles. The molecule has 1 heterocycles. The van der Waals surface area contributed by atoms with Crippen LogP contribution in [0.2, 0.25) is 5.02 Å². The van der Waals surface area contributed by atoms with Crippen molar-refractivity contribution in [2.24, 2.45) is 5.73 Å². The zero-order chi connectivity index (χ0) is 22.0. The largest absolute Gasteiger partial charge is 0.482 e. The molecule has 0 aromatic heterocycles. The summed E-state index contributed by atoms with van der Waals surface area (Å²) in [5.74, 6) is -1.52. The lowest BCUT2D eigenvalue weighted by Gasteiger charge is -2.29. The molecule has 0 radical (unpaired) electrons. The van der Waals surface area contributed by atoms with Crippen molar-refractivity contribution < 1.29 is 19.1 Å². The third-order valence-electron chi connectivity index (χ3n) is 4.20. The number of primary amides is 1. The van der Waals surface area contributed by atoms with Crippen LogP contribution in [0.3, 0.4) is 0 Å². The normalized spacial score (nSPS) is 15.4. The molecule has 0 spiro atoms. The average molecular weight is 444 g/mol. The van der Waals surface area contributed by atoms with Crippen molar-refractivity contribution in [2.45, 2.75) is 13.8 Å². The van der Waals surface area contributed by atoms with Crippen LogP contribution in [0.25, 0.3) is 6.08 Å². The number of thiocarbonyl (C=S) groups is 1. The van der Waals surface area contributed by atoms with Crippen LogP contribution in [0.5, 0.6) is 5.75 Å². The van der Waals surface area contributed by atoms with Gasteiger partial charge in [0.1, 0.15) is 11.3 Å². The number of nitrogens with zero attached hydrogens (tertiary/aromatic N) is 1. The van der Waals surface area contributed by atoms with E-state index in [1.165, 1.54) is 23.1 Å². The maximum atomic E-state index is 13.1. The number of carbonyl (C=O) groups excluding carboxylic acids is 3. The molecule has 1 aliphatic heterocycles. The van der Waals surface area contributed by atoms with Gasteiger partial charge >= 0.3 is 0 Å². The standard InChI is InChI=1S/C21H18ClN3O4S/c1-11-5-12(2)7-14(6-11)25-20(28)15(19(27)24-21(25)30)8-13-3-4-17(16(22)9-13)29-10-18(23)26/h3-9H,10H2,1-2H3,(H2,23,26)(H,24,27,30). The Morgan fingerprint density at radius 2 is 1.87 bits per heavy atom. The summed E-state index contributed by atoms with van der Waals surface area (Å²) in [5.41, 5.74) is 7.95. The molecule has 3 amide bonds. The van der Waals surface area contributed by atoms with E-state index in [2.05, 4.69) is 5.32 Å². The third kappa shape index (κ3) is 4.67. The predicted molar refractivity (Wildman–Crippen MR) is 118 cm³/mol. The number of hydrogen-bond acceptors (Lipinski definition) is 5. The van der Waals surface area contributed by atoms with Gasteiger partial charge in [0.05, 0.1) is 10.7 Å². The number of rotatable bonds is 5. The Hall–Kier alpha value is -3.23. The number of nitrogens with one attached hydrogen (secondary N) is 1. The van der Waals surface area contributed by atoms with Crippen molar-refractivity contribution in [1.82, 2.24) is 5.32 Å². The molecule has 0 atom stereocenters. The highest BCUT2D eigenvalue weighted by Gasteiger charge is 2.34. The van der Waals surface area contributed by atoms with Crippen LogP contribution < -0.4 is 20.7 Å². The van der Waals surface area contributed by atoms with Crippen molar-refractivity contribution in [1.29, 1.82) is 0 Å². The minimum absolute atomic E-state index is 0.0142. The summed E-state index contributed by atoms with van der Waals surface area (Å²) in [7, 11) is 0. The van der Waals surface area contributed by atoms with Gasteiger partial charge in [0.2, 0.25) is 0 Å². The number of halogens is 1. The first-order valence-electron chi connectivity index (χ1n) is 8.86. The summed E-state index contributed by atoms with van der Waals surface area (Å²) in [6.07, 6.45) is 1.42. The molecule has 0 bridgehead atoms. The Bertz CT molecular complexity index is 1090. The van der Waals surface area contributed by atoms with Gasteiger partial charge in [-0.1, -0.05) is 23.7 Å². The Balaban J connectivity index is 1.94. The van der Waals surface area contributed by atoms with Gasteiger partial charge in [0, 0.05) is 0 Å². The van der Waals surface area contributed by atoms with Crippen LogP contribution >= 0.6 is 23.8 Å². The van der Waals surface area contributed by atoms with Crippen molar-refractivity contribution in [3.8, 4) is 5.75 Å². The van der Waals surface area contributed by atoms with E-state index in [0.717, 1.165) is 11.1 Å². The Morgan fingerprint density at radius 1 is 1.20 bits per heavy atom. The van der Waals surface area contributed by atoms with Gasteiger partial charge < -0.3 is 10.5 Å². The van der Waals surface area contributed by atoms with Crippen molar-refractivity contribution >= 4 is 58.4 Å². The van der Waals surface area contributed by atoms with Crippen LogP contribution in [0.4, 0.5) is 5.69 Å². The van der Waals surface area contributed by atoms with Crippen LogP contribution in [-0.2, 0) is 14.4 Å². The van der Waals surface area contributed by atoms with E-state index in [1.807, 2.05) is 32.0 Å². The smallest absolute Gasteiger partial charge is 0.270 e. The fourth-order valence-electron chi connectivity index (χ4n) is 3.01. The molecule has 3 rings (SSSR count). The first-order valence-corrected chi connectivity index (χ1v) is 9.64. The molecule has 2 aromatic carbocycles. The van der Waals surface area contributed by atoms with Gasteiger partial charge in [0.15, 0.2) is 11.7 Å². The second-order valence-corrected chi connectivity index (χ2v) is 7.54. The summed E-state index contributed by atoms with van der Waals surface area (Å²) in [6, 6.07) is 10.2. The van der Waals surface area contributed by atoms with Gasteiger partial charge in [-0.2, -0.15) is 0 Å². The monoisotopic (exact) mass is 443 g/mol. The maximum absolute atomic E-state index is 13.1. The second kappa shape index (κ2) is 8.64. The lowest BCUT2D eigenvalue weighted by molar-refractivity contribution is -0.122. The van der Waals surface area contributed by atoms with Crippen LogP contribution in [0.1, 0.15) is 16.7 Å². The van der Waals surface area contributed by atoms with Gasteiger partial charge in [-0.25, -0.2) is 0 Å². The fraction of sp³-hybridized carbons (Fsp3) is 0.143. The van der Waals surface area contributed by atoms with E-state index in [-0.39, 0.29) is 28.1 Å². The summed E-state index contributed by atoms with van der Waals surface area (Å²) < 4.78 is 5.20. The highest BCUT2D eigenvalue weighted by atomic mass is 35.5. The quantitative estimate of drug-likeness (QED) is 0.420. The lowest BCUT2D eigenvalue weighted by Crippen LogP contribution is -2.54. The molecule has 3 N–H and O–H groups in total. The van der Waals surface area contributed by atoms with Crippen molar-refractivity contribution in [2.75, 3.05) is 11.5 Å². The minimum Gasteiger partial charge on any atom is -0.482 e. The van der Waals surface area contributed by atoms with Crippen LogP contribution in [0.15, 0.2) is 42.0 Å². The van der Waals surface area contributed by atoms with Gasteiger partial charge in [-0.3, -0.25) is 24.6 Å². The lowest BCUT2D eigenvalue weighted by atomic mass is 10.1. The zero-order valence-electron chi connectivity index (χ0n) is 16.2. The van der Waals surface area contributed by atoms with Crippen molar-refractivity contribution in [3.05, 3.63) is 63.7 Å². The molecule has 2 aromatic rings. The topological polar surface area (TPSA) is 102 Å². The average Bonchev–Trinajstić information content (AvgIpc) is 2.63. The van der Waals surface area contributed by atoms with E-state index in [4.69, 9.17) is 34.3 Å². The van der Waals surface area contributed by atoms with E-state index >= 15 is 0 Å². The van der Waals surface area contributed by atoms with E-state index in [0.29, 0.717) is 11.3 Å². The summed E-state index contributed by atoms with van der Waals surface area (Å²) in [4.78, 5) is 37.7. The van der Waals surface area contributed by atoms with E-state index in [9.17, 15) is 14.4 Å². The molecule has 0 aliphatic carbocycles. The number of anilines is 1. The predicted octanol–water partition coefficient (Wildman–Crippen LogP) is 2.65. The Labute approximate surface area is 183 Å². The molecule has 1 aliphatic rings. The number of benzene rings is 2. The summed E-state index contributed by atoms with van der Waals surface area (Å²) in [6.45, 7) is 3.50. The number of carbonyl (C=O) groups is 3. The molecular weight excluding hydrogens is 426 g/mol. The van der Waals surface area contributed by atoms with Crippen molar-refractivity contribution in [3.63, 3.8) is 0 Å². The SMILES string of the molecule is Cc1cc(C)cc(N2C(=O)C(=Cc3ccc(OCC(N)=O)c(Cl)c3)C(=O)NC2=S)c1. The van der Waals surface area contributed by atoms with Gasteiger partial charge in [0.25, 0.3) is 17.7 Å². The number of aryl methyl sites for hydroxylation is 2. The first-order chi connectivity index (χ1) is 14.2. The second-order valence-electron chi connectivity index (χ2n) is 6.75. The molecular formula is C21H18ClN3O4S. The Kier molecular flexibility index (Phi) is 6.19. The number of hydrogen-bond donors (Lipinski definition) is 2. The molecule has 154 valence electrons. The number of amides is 3. The van der Waals surface area contributed by atoms with E-state index < -0.39 is 17.7 Å². The zero-order valence-corrected chi connectivity index (χ0v) is 17.8. The molecule has 0 saturated carbocycles. The van der Waals surface area contributed by atoms with E-state index in [1.54, 1.807) is 6.07 Å². The highest BCUT2D eigenvalue weighted by molar-refractivity contribution is 7.80. The maximum Gasteiger partial charge on any atom is 0.270 e. The third-order valence-corrected chi connectivity index (χ3v) is 4.78.